The van der Waals surface area contributed by atoms with Crippen molar-refractivity contribution in [1.82, 2.24) is 10.2 Å². The van der Waals surface area contributed by atoms with E-state index < -0.39 is 6.10 Å². The number of carbonyl (C=O) groups is 1. The molecule has 25 heavy (non-hydrogen) atoms. The molecule has 0 spiro atoms. The molecule has 1 saturated heterocycles. The second-order valence-corrected chi connectivity index (χ2v) is 8.27. The van der Waals surface area contributed by atoms with Gasteiger partial charge in [-0.15, -0.1) is 0 Å². The molecule has 0 bridgehead atoms. The van der Waals surface area contributed by atoms with Crippen molar-refractivity contribution in [3.05, 3.63) is 29.8 Å². The van der Waals surface area contributed by atoms with Crippen molar-refractivity contribution in [2.75, 3.05) is 31.5 Å². The molecule has 1 fully saturated rings. The second-order valence-electron chi connectivity index (χ2n) is 8.27. The number of hydrogen-bond donors (Lipinski definition) is 3. The lowest BCUT2D eigenvalue weighted by Crippen LogP contribution is -2.43. The minimum Gasteiger partial charge on any atom is -0.390 e. The third kappa shape index (κ3) is 6.33. The number of amides is 2. The lowest BCUT2D eigenvalue weighted by molar-refractivity contribution is 0.0924. The van der Waals surface area contributed by atoms with Crippen LogP contribution in [0, 0.1) is 5.92 Å². The van der Waals surface area contributed by atoms with Gasteiger partial charge in [-0.1, -0.05) is 45.9 Å². The molecule has 0 saturated carbocycles. The van der Waals surface area contributed by atoms with Gasteiger partial charge >= 0.3 is 6.03 Å². The minimum atomic E-state index is -0.544. The van der Waals surface area contributed by atoms with Crippen molar-refractivity contribution in [3.8, 4) is 0 Å². The average molecular weight is 348 g/mol. The van der Waals surface area contributed by atoms with Crippen LogP contribution in [-0.2, 0) is 5.41 Å². The van der Waals surface area contributed by atoms with Crippen molar-refractivity contribution >= 4 is 11.7 Å². The van der Waals surface area contributed by atoms with E-state index in [2.05, 4.69) is 43.2 Å². The number of para-hydroxylation sites is 1. The number of rotatable bonds is 5. The molecule has 1 aliphatic heterocycles. The Kier molecular flexibility index (Phi) is 6.85. The highest BCUT2D eigenvalue weighted by molar-refractivity contribution is 5.90. The predicted octanol–water partition coefficient (Wildman–Crippen LogP) is 3.20. The fraction of sp³-hybridized carbons (Fsp3) is 0.650. The first-order chi connectivity index (χ1) is 11.8. The van der Waals surface area contributed by atoms with E-state index >= 15 is 0 Å². The number of benzene rings is 1. The van der Waals surface area contributed by atoms with E-state index in [1.54, 1.807) is 0 Å². The van der Waals surface area contributed by atoms with Gasteiger partial charge in [0.05, 0.1) is 6.10 Å². The number of aliphatic hydroxyl groups is 1. The van der Waals surface area contributed by atoms with E-state index in [-0.39, 0.29) is 18.0 Å². The summed E-state index contributed by atoms with van der Waals surface area (Å²) in [6, 6.07) is 7.56. The Morgan fingerprint density at radius 2 is 1.92 bits per heavy atom. The van der Waals surface area contributed by atoms with Crippen LogP contribution in [-0.4, -0.2) is 48.3 Å². The summed E-state index contributed by atoms with van der Waals surface area (Å²) in [5, 5.41) is 15.9. The molecule has 5 nitrogen and oxygen atoms in total. The Bertz CT molecular complexity index is 560. The van der Waals surface area contributed by atoms with Gasteiger partial charge in [-0.3, -0.25) is 0 Å². The normalized spacial score (nSPS) is 18.0. The van der Waals surface area contributed by atoms with Crippen LogP contribution in [0.5, 0.6) is 0 Å². The molecule has 1 atom stereocenters. The first-order valence-electron chi connectivity index (χ1n) is 9.30. The van der Waals surface area contributed by atoms with Crippen molar-refractivity contribution in [1.29, 1.82) is 0 Å². The molecule has 140 valence electrons. The fourth-order valence-electron chi connectivity index (χ4n) is 3.23. The number of aliphatic hydroxyl groups excluding tert-OH is 1. The maximum absolute atomic E-state index is 12.2. The van der Waals surface area contributed by atoms with Crippen LogP contribution in [0.3, 0.4) is 0 Å². The number of nitrogens with one attached hydrogen (secondary N) is 2. The summed E-state index contributed by atoms with van der Waals surface area (Å²) in [4.78, 5) is 14.5. The molecule has 1 aliphatic rings. The zero-order valence-corrected chi connectivity index (χ0v) is 16.0. The lowest BCUT2D eigenvalue weighted by Gasteiger charge is -2.31. The average Bonchev–Trinajstić information content (AvgIpc) is 2.55. The summed E-state index contributed by atoms with van der Waals surface area (Å²) < 4.78 is 0. The molecule has 2 amide bonds. The maximum Gasteiger partial charge on any atom is 0.319 e. The van der Waals surface area contributed by atoms with Gasteiger partial charge in [-0.05, 0) is 48.9 Å². The van der Waals surface area contributed by atoms with Gasteiger partial charge in [0, 0.05) is 18.8 Å². The topological polar surface area (TPSA) is 64.6 Å². The Labute approximate surface area is 151 Å². The van der Waals surface area contributed by atoms with Crippen LogP contribution >= 0.6 is 0 Å². The molecule has 1 aromatic carbocycles. The van der Waals surface area contributed by atoms with E-state index in [0.29, 0.717) is 6.54 Å². The number of β-amino-alcohol motifs (C(OH)–C–C–N with tert-alkyl or cyclic N) is 1. The van der Waals surface area contributed by atoms with Crippen molar-refractivity contribution in [3.63, 3.8) is 0 Å². The number of nitrogens with zero attached hydrogens (tertiary/aromatic N) is 1. The zero-order chi connectivity index (χ0) is 18.4. The van der Waals surface area contributed by atoms with Gasteiger partial charge in [-0.2, -0.15) is 0 Å². The van der Waals surface area contributed by atoms with Crippen LogP contribution in [0.1, 0.15) is 46.1 Å². The first kappa shape index (κ1) is 19.7. The van der Waals surface area contributed by atoms with Crippen LogP contribution in [0.2, 0.25) is 0 Å². The quantitative estimate of drug-likeness (QED) is 0.766. The number of anilines is 1. The Morgan fingerprint density at radius 1 is 1.28 bits per heavy atom. The third-order valence-corrected chi connectivity index (χ3v) is 4.83. The number of carbonyl (C=O) groups excluding carboxylic acids is 1. The van der Waals surface area contributed by atoms with Gasteiger partial charge < -0.3 is 20.6 Å². The van der Waals surface area contributed by atoms with E-state index in [9.17, 15) is 9.90 Å². The summed E-state index contributed by atoms with van der Waals surface area (Å²) in [6.45, 7) is 11.6. The minimum absolute atomic E-state index is 0.0468. The molecule has 5 heteroatoms. The summed E-state index contributed by atoms with van der Waals surface area (Å²) in [7, 11) is 0. The van der Waals surface area contributed by atoms with Gasteiger partial charge in [0.25, 0.3) is 0 Å². The van der Waals surface area contributed by atoms with Crippen LogP contribution in [0.25, 0.3) is 0 Å². The van der Waals surface area contributed by atoms with Crippen LogP contribution in [0.15, 0.2) is 24.3 Å². The molecule has 2 rings (SSSR count). The standard InChI is InChI=1S/C20H33N3O2/c1-15-9-11-23(12-10-15)14-16(24)13-21-19(25)22-18-8-6-5-7-17(18)20(2,3)4/h5-8,15-16,24H,9-14H2,1-4H3,(H2,21,22,25). The molecular formula is C20H33N3O2. The van der Waals surface area contributed by atoms with Gasteiger partial charge in [0.15, 0.2) is 0 Å². The molecule has 1 aromatic rings. The summed E-state index contributed by atoms with van der Waals surface area (Å²) >= 11 is 0. The van der Waals surface area contributed by atoms with Crippen LogP contribution in [0.4, 0.5) is 10.5 Å². The molecule has 3 N–H and O–H groups in total. The highest BCUT2D eigenvalue weighted by Gasteiger charge is 2.20. The monoisotopic (exact) mass is 347 g/mol. The SMILES string of the molecule is CC1CCN(CC(O)CNC(=O)Nc2ccccc2C(C)(C)C)CC1. The molecule has 0 radical (unpaired) electrons. The first-order valence-corrected chi connectivity index (χ1v) is 9.30. The van der Waals surface area contributed by atoms with Gasteiger partial charge in [0.1, 0.15) is 0 Å². The van der Waals surface area contributed by atoms with E-state index in [4.69, 9.17) is 0 Å². The van der Waals surface area contributed by atoms with Crippen molar-refractivity contribution in [2.45, 2.75) is 52.1 Å². The van der Waals surface area contributed by atoms with E-state index in [0.717, 1.165) is 30.3 Å². The van der Waals surface area contributed by atoms with E-state index in [1.807, 2.05) is 24.3 Å². The Morgan fingerprint density at radius 3 is 2.56 bits per heavy atom. The van der Waals surface area contributed by atoms with Gasteiger partial charge in [-0.25, -0.2) is 4.79 Å². The fourth-order valence-corrected chi connectivity index (χ4v) is 3.23. The summed E-state index contributed by atoms with van der Waals surface area (Å²) in [5.41, 5.74) is 1.86. The molecule has 0 aromatic heterocycles. The number of likely N-dealkylation sites (tertiary alicyclic amines) is 1. The highest BCUT2D eigenvalue weighted by atomic mass is 16.3. The van der Waals surface area contributed by atoms with Crippen molar-refractivity contribution < 1.29 is 9.90 Å². The number of urea groups is 1. The van der Waals surface area contributed by atoms with E-state index in [1.165, 1.54) is 12.8 Å². The molecule has 0 aliphatic carbocycles. The summed E-state index contributed by atoms with van der Waals surface area (Å²) in [5.74, 6) is 0.778. The molecule has 1 heterocycles. The number of hydrogen-bond acceptors (Lipinski definition) is 3. The molecular weight excluding hydrogens is 314 g/mol. The highest BCUT2D eigenvalue weighted by Crippen LogP contribution is 2.29. The Hall–Kier alpha value is -1.59. The van der Waals surface area contributed by atoms with Crippen molar-refractivity contribution in [2.24, 2.45) is 5.92 Å². The number of piperidine rings is 1. The summed E-state index contributed by atoms with van der Waals surface area (Å²) in [6.07, 6.45) is 1.83. The second kappa shape index (κ2) is 8.68. The van der Waals surface area contributed by atoms with Crippen LogP contribution < -0.4 is 10.6 Å². The third-order valence-electron chi connectivity index (χ3n) is 4.83. The predicted molar refractivity (Wildman–Crippen MR) is 103 cm³/mol. The smallest absolute Gasteiger partial charge is 0.319 e. The maximum atomic E-state index is 12.2. The zero-order valence-electron chi connectivity index (χ0n) is 16.0. The van der Waals surface area contributed by atoms with Gasteiger partial charge in [0.2, 0.25) is 0 Å². The molecule has 1 unspecified atom stereocenters. The Balaban J connectivity index is 1.79. The largest absolute Gasteiger partial charge is 0.390 e. The lowest BCUT2D eigenvalue weighted by atomic mass is 9.86.